The number of carbonyl (C=O) groups is 2. The van der Waals surface area contributed by atoms with E-state index in [0.717, 1.165) is 9.99 Å². The lowest BCUT2D eigenvalue weighted by atomic mass is 10.1. The van der Waals surface area contributed by atoms with Gasteiger partial charge in [-0.2, -0.15) is 0 Å². The lowest BCUT2D eigenvalue weighted by Gasteiger charge is -2.03. The third-order valence-corrected chi connectivity index (χ3v) is 2.62. The van der Waals surface area contributed by atoms with E-state index >= 15 is 0 Å². The first kappa shape index (κ1) is 12.0. The number of hydrogen-bond donors (Lipinski definition) is 2. The fourth-order valence-corrected chi connectivity index (χ4v) is 1.53. The summed E-state index contributed by atoms with van der Waals surface area (Å²) in [5.41, 5.74) is 1.53. The van der Waals surface area contributed by atoms with E-state index in [2.05, 4.69) is 27.9 Å². The molecular weight excluding hydrogens is 309 g/mol. The largest absolute Gasteiger partial charge is 0.480 e. The highest BCUT2D eigenvalue weighted by atomic mass is 127. The molecule has 1 aromatic carbocycles. The summed E-state index contributed by atoms with van der Waals surface area (Å²) >= 11 is 2.20. The molecule has 0 aliphatic heterocycles. The molecule has 0 aliphatic carbocycles. The second-order valence-corrected chi connectivity index (χ2v) is 3.67. The van der Waals surface area contributed by atoms with Crippen molar-refractivity contribution in [2.45, 2.75) is 4.43 Å². The van der Waals surface area contributed by atoms with Crippen molar-refractivity contribution < 1.29 is 14.7 Å². The van der Waals surface area contributed by atoms with Crippen LogP contribution in [0.1, 0.15) is 15.9 Å². The van der Waals surface area contributed by atoms with E-state index in [4.69, 9.17) is 5.11 Å². The highest BCUT2D eigenvalue weighted by Gasteiger charge is 2.06. The molecule has 1 aromatic rings. The minimum Gasteiger partial charge on any atom is -0.480 e. The summed E-state index contributed by atoms with van der Waals surface area (Å²) in [6, 6.07) is 7.11. The van der Waals surface area contributed by atoms with Crippen LogP contribution in [0.5, 0.6) is 0 Å². The van der Waals surface area contributed by atoms with E-state index < -0.39 is 5.97 Å². The SMILES string of the molecule is O=C(O)CNC(=O)c1cccc(CI)c1. The van der Waals surface area contributed by atoms with Crippen molar-refractivity contribution in [3.63, 3.8) is 0 Å². The number of nitrogens with one attached hydrogen (secondary N) is 1. The summed E-state index contributed by atoms with van der Waals surface area (Å²) in [5.74, 6) is -1.41. The molecule has 0 saturated heterocycles. The Balaban J connectivity index is 2.69. The zero-order valence-electron chi connectivity index (χ0n) is 7.87. The van der Waals surface area contributed by atoms with Crippen molar-refractivity contribution in [3.8, 4) is 0 Å². The minimum atomic E-state index is -1.05. The molecule has 80 valence electrons. The van der Waals surface area contributed by atoms with Gasteiger partial charge >= 0.3 is 5.97 Å². The Morgan fingerprint density at radius 1 is 1.40 bits per heavy atom. The van der Waals surface area contributed by atoms with Gasteiger partial charge in [0.15, 0.2) is 0 Å². The van der Waals surface area contributed by atoms with Crippen LogP contribution in [-0.2, 0) is 9.22 Å². The predicted octanol–water partition coefficient (Wildman–Crippen LogP) is 1.44. The number of amides is 1. The van der Waals surface area contributed by atoms with Crippen LogP contribution >= 0.6 is 22.6 Å². The molecule has 0 aromatic heterocycles. The maximum atomic E-state index is 11.4. The molecule has 1 rings (SSSR count). The first-order valence-electron chi connectivity index (χ1n) is 4.28. The van der Waals surface area contributed by atoms with Crippen molar-refractivity contribution in [2.75, 3.05) is 6.54 Å². The fourth-order valence-electron chi connectivity index (χ4n) is 1.05. The van der Waals surface area contributed by atoms with Gasteiger partial charge in [0, 0.05) is 9.99 Å². The molecule has 0 fully saturated rings. The highest BCUT2D eigenvalue weighted by Crippen LogP contribution is 2.08. The van der Waals surface area contributed by atoms with Gasteiger partial charge in [-0.25, -0.2) is 0 Å². The third-order valence-electron chi connectivity index (χ3n) is 1.74. The Kier molecular flexibility index (Phi) is 4.54. The van der Waals surface area contributed by atoms with Crippen LogP contribution in [-0.4, -0.2) is 23.5 Å². The Morgan fingerprint density at radius 3 is 2.73 bits per heavy atom. The number of carboxylic acids is 1. The van der Waals surface area contributed by atoms with Gasteiger partial charge in [-0.05, 0) is 17.7 Å². The Hall–Kier alpha value is -1.11. The smallest absolute Gasteiger partial charge is 0.322 e. The number of hydrogen-bond acceptors (Lipinski definition) is 2. The molecule has 15 heavy (non-hydrogen) atoms. The maximum absolute atomic E-state index is 11.4. The van der Waals surface area contributed by atoms with Crippen molar-refractivity contribution in [3.05, 3.63) is 35.4 Å². The van der Waals surface area contributed by atoms with E-state index in [1.165, 1.54) is 0 Å². The number of aliphatic carboxylic acids is 1. The number of benzene rings is 1. The van der Waals surface area contributed by atoms with Gasteiger partial charge in [0.25, 0.3) is 5.91 Å². The van der Waals surface area contributed by atoms with Crippen LogP contribution in [0.25, 0.3) is 0 Å². The molecule has 4 nitrogen and oxygen atoms in total. The van der Waals surface area contributed by atoms with E-state index in [0.29, 0.717) is 5.56 Å². The molecule has 0 aliphatic rings. The zero-order chi connectivity index (χ0) is 11.3. The first-order valence-corrected chi connectivity index (χ1v) is 5.81. The summed E-state index contributed by atoms with van der Waals surface area (Å²) in [5, 5.41) is 10.7. The van der Waals surface area contributed by atoms with Crippen LogP contribution in [0.2, 0.25) is 0 Å². The van der Waals surface area contributed by atoms with Crippen LogP contribution in [0, 0.1) is 0 Å². The molecule has 1 amide bonds. The van der Waals surface area contributed by atoms with Crippen LogP contribution in [0.15, 0.2) is 24.3 Å². The number of halogens is 1. The lowest BCUT2D eigenvalue weighted by Crippen LogP contribution is -2.29. The van der Waals surface area contributed by atoms with E-state index in [-0.39, 0.29) is 12.5 Å². The van der Waals surface area contributed by atoms with Gasteiger partial charge in [0.05, 0.1) is 0 Å². The van der Waals surface area contributed by atoms with Crippen molar-refractivity contribution in [2.24, 2.45) is 0 Å². The molecular formula is C10H10INO3. The van der Waals surface area contributed by atoms with Gasteiger partial charge in [-0.15, -0.1) is 0 Å². The van der Waals surface area contributed by atoms with Crippen molar-refractivity contribution in [1.82, 2.24) is 5.32 Å². The fraction of sp³-hybridized carbons (Fsp3) is 0.200. The minimum absolute atomic E-state index is 0.354. The standard InChI is InChI=1S/C10H10INO3/c11-5-7-2-1-3-8(4-7)10(15)12-6-9(13)14/h1-4H,5-6H2,(H,12,15)(H,13,14). The molecule has 0 spiro atoms. The molecule has 0 radical (unpaired) electrons. The summed E-state index contributed by atoms with van der Waals surface area (Å²) in [6.07, 6.45) is 0. The Labute approximate surface area is 101 Å². The predicted molar refractivity (Wildman–Crippen MR) is 64.1 cm³/mol. The summed E-state index contributed by atoms with van der Waals surface area (Å²) in [7, 11) is 0. The zero-order valence-corrected chi connectivity index (χ0v) is 10.0. The number of carbonyl (C=O) groups excluding carboxylic acids is 1. The van der Waals surface area contributed by atoms with Crippen molar-refractivity contribution >= 4 is 34.5 Å². The number of rotatable bonds is 4. The number of carboxylic acid groups (broad SMARTS) is 1. The Morgan fingerprint density at radius 2 is 2.13 bits per heavy atom. The van der Waals surface area contributed by atoms with Gasteiger partial charge in [-0.1, -0.05) is 34.7 Å². The maximum Gasteiger partial charge on any atom is 0.322 e. The highest BCUT2D eigenvalue weighted by molar-refractivity contribution is 14.1. The summed E-state index contributed by atoms with van der Waals surface area (Å²) in [4.78, 5) is 21.7. The average Bonchev–Trinajstić information content (AvgIpc) is 2.26. The average molecular weight is 319 g/mol. The monoisotopic (exact) mass is 319 g/mol. The van der Waals surface area contributed by atoms with E-state index in [1.54, 1.807) is 18.2 Å². The van der Waals surface area contributed by atoms with E-state index in [9.17, 15) is 9.59 Å². The molecule has 5 heteroatoms. The van der Waals surface area contributed by atoms with Crippen LogP contribution < -0.4 is 5.32 Å². The van der Waals surface area contributed by atoms with Gasteiger partial charge in [-0.3, -0.25) is 9.59 Å². The van der Waals surface area contributed by atoms with Gasteiger partial charge in [0.1, 0.15) is 6.54 Å². The lowest BCUT2D eigenvalue weighted by molar-refractivity contribution is -0.135. The summed E-state index contributed by atoms with van der Waals surface area (Å²) in [6.45, 7) is -0.354. The van der Waals surface area contributed by atoms with Gasteiger partial charge < -0.3 is 10.4 Å². The normalized spacial score (nSPS) is 9.67. The van der Waals surface area contributed by atoms with Crippen molar-refractivity contribution in [1.29, 1.82) is 0 Å². The number of alkyl halides is 1. The molecule has 0 unspecified atom stereocenters. The Bertz CT molecular complexity index is 379. The third kappa shape index (κ3) is 3.86. The first-order chi connectivity index (χ1) is 7.13. The molecule has 0 heterocycles. The summed E-state index contributed by atoms with van der Waals surface area (Å²) < 4.78 is 0.817. The van der Waals surface area contributed by atoms with E-state index in [1.807, 2.05) is 6.07 Å². The molecule has 0 saturated carbocycles. The van der Waals surface area contributed by atoms with Crippen LogP contribution in [0.3, 0.4) is 0 Å². The molecule has 0 atom stereocenters. The second kappa shape index (κ2) is 5.69. The topological polar surface area (TPSA) is 66.4 Å². The molecule has 0 bridgehead atoms. The second-order valence-electron chi connectivity index (χ2n) is 2.91. The van der Waals surface area contributed by atoms with Crippen LogP contribution in [0.4, 0.5) is 0 Å². The quantitative estimate of drug-likeness (QED) is 0.652. The van der Waals surface area contributed by atoms with Gasteiger partial charge in [0.2, 0.25) is 0 Å². The molecule has 2 N–H and O–H groups in total.